The van der Waals surface area contributed by atoms with Gasteiger partial charge in [0.15, 0.2) is 0 Å². The molecule has 0 unspecified atom stereocenters. The first-order chi connectivity index (χ1) is 13.6. The van der Waals surface area contributed by atoms with Crippen molar-refractivity contribution >= 4 is 34.1 Å². The van der Waals surface area contributed by atoms with E-state index < -0.39 is 0 Å². The van der Waals surface area contributed by atoms with Crippen molar-refractivity contribution in [3.63, 3.8) is 0 Å². The van der Waals surface area contributed by atoms with Gasteiger partial charge in [-0.15, -0.1) is 0 Å². The maximum absolute atomic E-state index is 12.3. The molecule has 0 radical (unpaired) electrons. The third-order valence-corrected chi connectivity index (χ3v) is 6.64. The molecule has 28 heavy (non-hydrogen) atoms. The number of hydrogen-bond donors (Lipinski definition) is 1. The van der Waals surface area contributed by atoms with Gasteiger partial charge in [-0.05, 0) is 30.9 Å². The number of carbonyl (C=O) groups excluding carboxylic acids is 1. The number of benzene rings is 1. The predicted octanol–water partition coefficient (Wildman–Crippen LogP) is 3.40. The topological polar surface area (TPSA) is 63.1 Å². The average Bonchev–Trinajstić information content (AvgIpc) is 3.26. The molecule has 1 N–H and O–H groups in total. The minimum atomic E-state index is -0.195. The van der Waals surface area contributed by atoms with Gasteiger partial charge >= 0.3 is 0 Å². The van der Waals surface area contributed by atoms with Crippen molar-refractivity contribution < 1.29 is 4.79 Å². The van der Waals surface area contributed by atoms with Crippen LogP contribution >= 0.6 is 11.6 Å². The summed E-state index contributed by atoms with van der Waals surface area (Å²) in [5.74, 6) is 0.216. The van der Waals surface area contributed by atoms with Crippen LogP contribution in [0.5, 0.6) is 0 Å². The summed E-state index contributed by atoms with van der Waals surface area (Å²) < 4.78 is 1.87. The lowest BCUT2D eigenvalue weighted by molar-refractivity contribution is -0.128. The number of aromatic nitrogens is 3. The van der Waals surface area contributed by atoms with Gasteiger partial charge in [-0.3, -0.25) is 14.5 Å². The summed E-state index contributed by atoms with van der Waals surface area (Å²) in [6.45, 7) is 2.42. The van der Waals surface area contributed by atoms with Crippen molar-refractivity contribution in [3.05, 3.63) is 41.8 Å². The van der Waals surface area contributed by atoms with E-state index in [1.165, 1.54) is 0 Å². The number of pyridine rings is 1. The minimum absolute atomic E-state index is 0.195. The summed E-state index contributed by atoms with van der Waals surface area (Å²) in [4.78, 5) is 19.0. The van der Waals surface area contributed by atoms with E-state index in [1.54, 1.807) is 6.20 Å². The van der Waals surface area contributed by atoms with Crippen LogP contribution in [-0.2, 0) is 11.8 Å². The molecule has 1 amide bonds. The monoisotopic (exact) mass is 395 g/mol. The van der Waals surface area contributed by atoms with Crippen molar-refractivity contribution in [1.29, 1.82) is 0 Å². The Morgan fingerprint density at radius 3 is 2.68 bits per heavy atom. The van der Waals surface area contributed by atoms with Crippen molar-refractivity contribution in [1.82, 2.24) is 20.1 Å². The fourth-order valence-corrected chi connectivity index (χ4v) is 4.99. The predicted molar refractivity (Wildman–Crippen MR) is 110 cm³/mol. The summed E-state index contributed by atoms with van der Waals surface area (Å²) in [6, 6.07) is 6.20. The van der Waals surface area contributed by atoms with E-state index >= 15 is 0 Å². The number of carbonyl (C=O) groups is 1. The molecule has 3 aromatic rings. The van der Waals surface area contributed by atoms with E-state index in [4.69, 9.17) is 11.6 Å². The SMILES string of the molecule is Cn1ncc2c(-c3cncc(Cl)c3N3CCC4(CCNC4=O)CC3)cccc21. The Morgan fingerprint density at radius 1 is 1.11 bits per heavy atom. The van der Waals surface area contributed by atoms with E-state index in [0.717, 1.165) is 66.6 Å². The molecule has 4 heterocycles. The Hall–Kier alpha value is -2.60. The highest BCUT2D eigenvalue weighted by atomic mass is 35.5. The normalized spacial score (nSPS) is 18.8. The second kappa shape index (κ2) is 6.48. The lowest BCUT2D eigenvalue weighted by Crippen LogP contribution is -2.44. The van der Waals surface area contributed by atoms with Crippen LogP contribution in [0.25, 0.3) is 22.0 Å². The number of hydrogen-bond acceptors (Lipinski definition) is 4. The lowest BCUT2D eigenvalue weighted by Gasteiger charge is -2.39. The molecule has 0 bridgehead atoms. The molecule has 1 aromatic carbocycles. The van der Waals surface area contributed by atoms with Gasteiger partial charge in [0.1, 0.15) is 0 Å². The molecule has 2 aliphatic heterocycles. The van der Waals surface area contributed by atoms with E-state index in [9.17, 15) is 4.79 Å². The van der Waals surface area contributed by atoms with Gasteiger partial charge in [-0.25, -0.2) is 0 Å². The number of fused-ring (bicyclic) bond motifs is 1. The third-order valence-electron chi connectivity index (χ3n) is 6.36. The summed E-state index contributed by atoms with van der Waals surface area (Å²) in [7, 11) is 1.94. The Labute approximate surface area is 168 Å². The van der Waals surface area contributed by atoms with Crippen molar-refractivity contribution in [2.75, 3.05) is 24.5 Å². The van der Waals surface area contributed by atoms with Gasteiger partial charge in [-0.2, -0.15) is 5.10 Å². The molecule has 2 aliphatic rings. The Balaban J connectivity index is 1.56. The smallest absolute Gasteiger partial charge is 0.226 e. The summed E-state index contributed by atoms with van der Waals surface area (Å²) in [5, 5.41) is 9.14. The van der Waals surface area contributed by atoms with Gasteiger partial charge in [0.2, 0.25) is 5.91 Å². The second-order valence-corrected chi connectivity index (χ2v) is 8.20. The molecule has 5 rings (SSSR count). The molecule has 0 saturated carbocycles. The first-order valence-corrected chi connectivity index (χ1v) is 10.0. The summed E-state index contributed by atoms with van der Waals surface area (Å²) in [5.41, 5.74) is 3.97. The molecule has 6 nitrogen and oxygen atoms in total. The van der Waals surface area contributed by atoms with Crippen LogP contribution in [0.3, 0.4) is 0 Å². The molecular formula is C21H22ClN5O. The standard InChI is InChI=1S/C21H22ClN5O/c1-26-18-4-2-3-14(15(18)12-25-26)16-11-23-13-17(22)19(16)27-9-6-21(7-10-27)5-8-24-20(21)28/h2-4,11-13H,5-10H2,1H3,(H,24,28). The molecule has 2 aromatic heterocycles. The molecule has 1 spiro atoms. The molecule has 144 valence electrons. The van der Waals surface area contributed by atoms with Crippen LogP contribution in [0.4, 0.5) is 5.69 Å². The fraction of sp³-hybridized carbons (Fsp3) is 0.381. The van der Waals surface area contributed by atoms with Crippen LogP contribution in [0, 0.1) is 5.41 Å². The van der Waals surface area contributed by atoms with E-state index in [2.05, 4.69) is 32.4 Å². The van der Waals surface area contributed by atoms with Crippen LogP contribution in [0.1, 0.15) is 19.3 Å². The number of anilines is 1. The van der Waals surface area contributed by atoms with Gasteiger partial charge in [-0.1, -0.05) is 23.7 Å². The molecule has 2 saturated heterocycles. The van der Waals surface area contributed by atoms with Crippen LogP contribution in [-0.4, -0.2) is 40.3 Å². The van der Waals surface area contributed by atoms with Gasteiger partial charge < -0.3 is 10.2 Å². The van der Waals surface area contributed by atoms with Gasteiger partial charge in [0.05, 0.1) is 27.8 Å². The molecule has 7 heteroatoms. The second-order valence-electron chi connectivity index (χ2n) is 7.80. The number of rotatable bonds is 2. The first kappa shape index (κ1) is 17.5. The molecule has 0 atom stereocenters. The van der Waals surface area contributed by atoms with Crippen molar-refractivity contribution in [3.8, 4) is 11.1 Å². The third kappa shape index (κ3) is 2.58. The maximum Gasteiger partial charge on any atom is 0.226 e. The first-order valence-electron chi connectivity index (χ1n) is 9.67. The maximum atomic E-state index is 12.3. The average molecular weight is 396 g/mol. The van der Waals surface area contributed by atoms with Gasteiger partial charge in [0.25, 0.3) is 0 Å². The zero-order chi connectivity index (χ0) is 19.3. The molecule has 2 fully saturated rings. The zero-order valence-electron chi connectivity index (χ0n) is 15.8. The zero-order valence-corrected chi connectivity index (χ0v) is 16.5. The Bertz CT molecular complexity index is 1070. The van der Waals surface area contributed by atoms with E-state index in [1.807, 2.05) is 30.2 Å². The highest BCUT2D eigenvalue weighted by Gasteiger charge is 2.44. The van der Waals surface area contributed by atoms with Crippen molar-refractivity contribution in [2.45, 2.75) is 19.3 Å². The minimum Gasteiger partial charge on any atom is -0.370 e. The summed E-state index contributed by atoms with van der Waals surface area (Å²) in [6.07, 6.45) is 8.13. The number of piperidine rings is 1. The molecule has 0 aliphatic carbocycles. The number of nitrogens with zero attached hydrogens (tertiary/aromatic N) is 4. The van der Waals surface area contributed by atoms with Crippen LogP contribution in [0.2, 0.25) is 5.02 Å². The Morgan fingerprint density at radius 2 is 1.93 bits per heavy atom. The van der Waals surface area contributed by atoms with Crippen LogP contribution in [0.15, 0.2) is 36.8 Å². The summed E-state index contributed by atoms with van der Waals surface area (Å²) >= 11 is 6.64. The fourth-order valence-electron chi connectivity index (χ4n) is 4.71. The van der Waals surface area contributed by atoms with Gasteiger partial charge in [0, 0.05) is 50.0 Å². The van der Waals surface area contributed by atoms with E-state index in [0.29, 0.717) is 5.02 Å². The number of amides is 1. The number of halogens is 1. The number of aryl methyl sites for hydroxylation is 1. The lowest BCUT2D eigenvalue weighted by atomic mass is 9.77. The highest BCUT2D eigenvalue weighted by molar-refractivity contribution is 6.34. The van der Waals surface area contributed by atoms with E-state index in [-0.39, 0.29) is 11.3 Å². The largest absolute Gasteiger partial charge is 0.370 e. The molecular weight excluding hydrogens is 374 g/mol. The number of nitrogens with one attached hydrogen (secondary N) is 1. The Kier molecular flexibility index (Phi) is 4.05. The highest BCUT2D eigenvalue weighted by Crippen LogP contribution is 2.44. The van der Waals surface area contributed by atoms with Crippen LogP contribution < -0.4 is 10.2 Å². The quantitative estimate of drug-likeness (QED) is 0.722. The van der Waals surface area contributed by atoms with Crippen molar-refractivity contribution in [2.24, 2.45) is 12.5 Å².